The van der Waals surface area contributed by atoms with E-state index in [4.69, 9.17) is 5.11 Å². The molecular formula is C9H7NO5. The third kappa shape index (κ3) is 2.16. The Hall–Kier alpha value is -2.24. The molecule has 1 aromatic heterocycles. The number of aromatic nitrogens is 1. The number of aldehydes is 1. The van der Waals surface area contributed by atoms with Gasteiger partial charge in [0.15, 0.2) is 12.0 Å². The molecule has 0 saturated heterocycles. The summed E-state index contributed by atoms with van der Waals surface area (Å²) in [5.74, 6) is -2.13. The third-order valence-corrected chi connectivity index (χ3v) is 1.65. The number of methoxy groups -OCH3 is 1. The van der Waals surface area contributed by atoms with E-state index < -0.39 is 11.9 Å². The quantitative estimate of drug-likeness (QED) is 0.571. The first-order valence-corrected chi connectivity index (χ1v) is 3.88. The number of pyridine rings is 1. The number of rotatable bonds is 3. The average molecular weight is 209 g/mol. The van der Waals surface area contributed by atoms with Crippen LogP contribution in [0, 0.1) is 0 Å². The molecule has 0 aliphatic carbocycles. The van der Waals surface area contributed by atoms with Gasteiger partial charge < -0.3 is 9.84 Å². The second-order valence-corrected chi connectivity index (χ2v) is 2.55. The summed E-state index contributed by atoms with van der Waals surface area (Å²) < 4.78 is 4.36. The molecule has 0 aliphatic rings. The first kappa shape index (κ1) is 10.8. The molecule has 0 amide bonds. The molecule has 1 aromatic rings. The predicted molar refractivity (Wildman–Crippen MR) is 47.9 cm³/mol. The highest BCUT2D eigenvalue weighted by Crippen LogP contribution is 2.07. The van der Waals surface area contributed by atoms with Crippen molar-refractivity contribution in [2.45, 2.75) is 0 Å². The fourth-order valence-electron chi connectivity index (χ4n) is 0.944. The molecule has 78 valence electrons. The number of aromatic carboxylic acids is 1. The van der Waals surface area contributed by atoms with Gasteiger partial charge in [0.25, 0.3) is 0 Å². The maximum atomic E-state index is 11.1. The van der Waals surface area contributed by atoms with Gasteiger partial charge in [0.05, 0.1) is 7.11 Å². The molecule has 0 radical (unpaired) electrons. The number of ether oxygens (including phenoxy) is 1. The lowest BCUT2D eigenvalue weighted by Gasteiger charge is -2.02. The molecule has 1 heterocycles. The van der Waals surface area contributed by atoms with Crippen molar-refractivity contribution in [3.63, 3.8) is 0 Å². The Kier molecular flexibility index (Phi) is 3.12. The number of nitrogens with zero attached hydrogens (tertiary/aromatic N) is 1. The molecule has 0 aliphatic heterocycles. The normalized spacial score (nSPS) is 9.40. The van der Waals surface area contributed by atoms with E-state index in [2.05, 4.69) is 9.72 Å². The number of hydrogen-bond donors (Lipinski definition) is 1. The lowest BCUT2D eigenvalue weighted by atomic mass is 10.2. The summed E-state index contributed by atoms with van der Waals surface area (Å²) in [6, 6.07) is 2.34. The van der Waals surface area contributed by atoms with Crippen LogP contribution in [-0.4, -0.2) is 35.4 Å². The number of carboxylic acids is 1. The van der Waals surface area contributed by atoms with Crippen LogP contribution in [0.15, 0.2) is 12.1 Å². The van der Waals surface area contributed by atoms with Crippen LogP contribution in [0.1, 0.15) is 31.3 Å². The minimum Gasteiger partial charge on any atom is -0.477 e. The van der Waals surface area contributed by atoms with Gasteiger partial charge in [0.1, 0.15) is 5.69 Å². The smallest absolute Gasteiger partial charge is 0.357 e. The summed E-state index contributed by atoms with van der Waals surface area (Å²) in [6.07, 6.45) is 0.408. The van der Waals surface area contributed by atoms with Crippen molar-refractivity contribution < 1.29 is 24.2 Å². The van der Waals surface area contributed by atoms with E-state index in [0.29, 0.717) is 6.29 Å². The highest BCUT2D eigenvalue weighted by atomic mass is 16.5. The van der Waals surface area contributed by atoms with Crippen molar-refractivity contribution in [3.05, 3.63) is 29.1 Å². The second kappa shape index (κ2) is 4.32. The van der Waals surface area contributed by atoms with Crippen LogP contribution < -0.4 is 0 Å². The Bertz CT molecular complexity index is 427. The van der Waals surface area contributed by atoms with E-state index >= 15 is 0 Å². The first-order valence-electron chi connectivity index (χ1n) is 3.88. The maximum Gasteiger partial charge on any atom is 0.357 e. The van der Waals surface area contributed by atoms with Crippen LogP contribution in [0.5, 0.6) is 0 Å². The van der Waals surface area contributed by atoms with E-state index in [-0.39, 0.29) is 17.0 Å². The summed E-state index contributed by atoms with van der Waals surface area (Å²) in [5.41, 5.74) is -0.625. The van der Waals surface area contributed by atoms with Crippen molar-refractivity contribution in [3.8, 4) is 0 Å². The predicted octanol–water partition coefficient (Wildman–Crippen LogP) is 0.379. The summed E-state index contributed by atoms with van der Waals surface area (Å²) in [6.45, 7) is 0. The van der Waals surface area contributed by atoms with Gasteiger partial charge in [-0.25, -0.2) is 14.6 Å². The van der Waals surface area contributed by atoms with Gasteiger partial charge in [-0.1, -0.05) is 0 Å². The Morgan fingerprint density at radius 1 is 1.47 bits per heavy atom. The van der Waals surface area contributed by atoms with Gasteiger partial charge in [0, 0.05) is 5.56 Å². The monoisotopic (exact) mass is 209 g/mol. The molecule has 0 atom stereocenters. The number of esters is 1. The Labute approximate surface area is 84.5 Å². The molecule has 1 rings (SSSR count). The van der Waals surface area contributed by atoms with E-state index in [1.807, 2.05) is 0 Å². The summed E-state index contributed by atoms with van der Waals surface area (Å²) >= 11 is 0. The molecule has 0 aromatic carbocycles. The number of carboxylic acid groups (broad SMARTS) is 1. The van der Waals surface area contributed by atoms with Crippen molar-refractivity contribution in [1.29, 1.82) is 0 Å². The zero-order valence-electron chi connectivity index (χ0n) is 7.76. The average Bonchev–Trinajstić information content (AvgIpc) is 2.27. The molecule has 0 fully saturated rings. The molecular weight excluding hydrogens is 202 g/mol. The van der Waals surface area contributed by atoms with Crippen molar-refractivity contribution in [2.24, 2.45) is 0 Å². The van der Waals surface area contributed by atoms with Crippen molar-refractivity contribution >= 4 is 18.2 Å². The number of carbonyl (C=O) groups excluding carboxylic acids is 2. The fourth-order valence-corrected chi connectivity index (χ4v) is 0.944. The van der Waals surface area contributed by atoms with Gasteiger partial charge in [-0.3, -0.25) is 4.79 Å². The number of hydrogen-bond acceptors (Lipinski definition) is 5. The lowest BCUT2D eigenvalue weighted by molar-refractivity contribution is 0.0591. The zero-order chi connectivity index (χ0) is 11.4. The van der Waals surface area contributed by atoms with E-state index in [1.165, 1.54) is 6.07 Å². The highest BCUT2D eigenvalue weighted by molar-refractivity contribution is 5.98. The standard InChI is InChI=1S/C9H7NO5/c1-15-9(14)7-5(4-11)2-3-6(10-7)8(12)13/h2-4H,1H3,(H,12,13). The molecule has 6 heteroatoms. The first-order chi connectivity index (χ1) is 7.10. The minimum atomic E-state index is -1.28. The highest BCUT2D eigenvalue weighted by Gasteiger charge is 2.16. The SMILES string of the molecule is COC(=O)c1nc(C(=O)O)ccc1C=O. The fraction of sp³-hybridized carbons (Fsp3) is 0.111. The minimum absolute atomic E-state index is 0.00755. The zero-order valence-corrected chi connectivity index (χ0v) is 7.76. The van der Waals surface area contributed by atoms with Gasteiger partial charge in [-0.15, -0.1) is 0 Å². The molecule has 15 heavy (non-hydrogen) atoms. The summed E-state index contributed by atoms with van der Waals surface area (Å²) in [4.78, 5) is 35.7. The number of carbonyl (C=O) groups is 3. The second-order valence-electron chi connectivity index (χ2n) is 2.55. The van der Waals surface area contributed by atoms with Crippen LogP contribution in [0.4, 0.5) is 0 Å². The van der Waals surface area contributed by atoms with Crippen LogP contribution in [0.25, 0.3) is 0 Å². The Balaban J connectivity index is 3.31. The molecule has 1 N–H and O–H groups in total. The molecule has 0 bridgehead atoms. The Morgan fingerprint density at radius 2 is 2.13 bits per heavy atom. The van der Waals surface area contributed by atoms with Crippen LogP contribution >= 0.6 is 0 Å². The lowest BCUT2D eigenvalue weighted by Crippen LogP contribution is -2.12. The third-order valence-electron chi connectivity index (χ3n) is 1.65. The molecule has 0 spiro atoms. The molecule has 0 saturated carbocycles. The van der Waals surface area contributed by atoms with E-state index in [9.17, 15) is 14.4 Å². The van der Waals surface area contributed by atoms with Crippen molar-refractivity contribution in [2.75, 3.05) is 7.11 Å². The van der Waals surface area contributed by atoms with Gasteiger partial charge in [-0.05, 0) is 12.1 Å². The summed E-state index contributed by atoms with van der Waals surface area (Å²) in [5, 5.41) is 8.62. The Morgan fingerprint density at radius 3 is 2.60 bits per heavy atom. The van der Waals surface area contributed by atoms with E-state index in [1.54, 1.807) is 0 Å². The largest absolute Gasteiger partial charge is 0.477 e. The van der Waals surface area contributed by atoms with Gasteiger partial charge in [-0.2, -0.15) is 0 Å². The summed E-state index contributed by atoms with van der Waals surface area (Å²) in [7, 11) is 1.12. The van der Waals surface area contributed by atoms with Crippen LogP contribution in [0.3, 0.4) is 0 Å². The topological polar surface area (TPSA) is 93.6 Å². The van der Waals surface area contributed by atoms with Gasteiger partial charge in [0.2, 0.25) is 0 Å². The van der Waals surface area contributed by atoms with E-state index in [0.717, 1.165) is 13.2 Å². The van der Waals surface area contributed by atoms with Crippen LogP contribution in [-0.2, 0) is 4.74 Å². The van der Waals surface area contributed by atoms with Gasteiger partial charge >= 0.3 is 11.9 Å². The molecule has 0 unspecified atom stereocenters. The van der Waals surface area contributed by atoms with Crippen LogP contribution in [0.2, 0.25) is 0 Å². The maximum absolute atomic E-state index is 11.1. The van der Waals surface area contributed by atoms with Crippen molar-refractivity contribution in [1.82, 2.24) is 4.98 Å². The molecule has 6 nitrogen and oxygen atoms in total.